The van der Waals surface area contributed by atoms with E-state index in [2.05, 4.69) is 25.3 Å². The van der Waals surface area contributed by atoms with Crippen LogP contribution in [0.5, 0.6) is 0 Å². The Morgan fingerprint density at radius 2 is 2.33 bits per heavy atom. The van der Waals surface area contributed by atoms with Gasteiger partial charge in [-0.3, -0.25) is 0 Å². The van der Waals surface area contributed by atoms with Gasteiger partial charge in [0, 0.05) is 18.6 Å². The number of aromatic nitrogens is 4. The number of anilines is 1. The SMILES string of the molecule is OCC1CCCC1Nc1nc(Cl)nc2nc[nH]c12. The smallest absolute Gasteiger partial charge is 0.226 e. The van der Waals surface area contributed by atoms with E-state index in [0.29, 0.717) is 11.5 Å². The standard InChI is InChI=1S/C11H14ClN5O/c12-11-16-9-8(13-5-14-9)10(17-11)15-7-3-1-2-6(7)4-18/h5-7,18H,1-4H2,(H2,13,14,15,16,17). The van der Waals surface area contributed by atoms with Gasteiger partial charge < -0.3 is 15.4 Å². The molecule has 2 aromatic heterocycles. The van der Waals surface area contributed by atoms with Crippen molar-refractivity contribution in [1.82, 2.24) is 19.9 Å². The lowest BCUT2D eigenvalue weighted by Crippen LogP contribution is -2.27. The first kappa shape index (κ1) is 11.7. The lowest BCUT2D eigenvalue weighted by atomic mass is 10.1. The van der Waals surface area contributed by atoms with Crippen molar-refractivity contribution in [3.8, 4) is 0 Å². The van der Waals surface area contributed by atoms with Crippen LogP contribution < -0.4 is 5.32 Å². The zero-order chi connectivity index (χ0) is 12.5. The quantitative estimate of drug-likeness (QED) is 0.735. The van der Waals surface area contributed by atoms with Crippen molar-refractivity contribution in [1.29, 1.82) is 0 Å². The monoisotopic (exact) mass is 267 g/mol. The molecule has 6 nitrogen and oxygen atoms in total. The molecule has 3 rings (SSSR count). The lowest BCUT2D eigenvalue weighted by Gasteiger charge is -2.19. The second-order valence-corrected chi connectivity index (χ2v) is 4.90. The van der Waals surface area contributed by atoms with E-state index in [4.69, 9.17) is 11.6 Å². The second kappa shape index (κ2) is 4.70. The van der Waals surface area contributed by atoms with Crippen molar-refractivity contribution in [2.45, 2.75) is 25.3 Å². The number of imidazole rings is 1. The van der Waals surface area contributed by atoms with Crippen molar-refractivity contribution in [2.75, 3.05) is 11.9 Å². The molecule has 0 spiro atoms. The molecule has 1 saturated carbocycles. The number of rotatable bonds is 3. The molecule has 2 atom stereocenters. The molecule has 0 radical (unpaired) electrons. The summed E-state index contributed by atoms with van der Waals surface area (Å²) in [7, 11) is 0. The lowest BCUT2D eigenvalue weighted by molar-refractivity contribution is 0.222. The van der Waals surface area contributed by atoms with Crippen molar-refractivity contribution in [3.05, 3.63) is 11.6 Å². The first-order chi connectivity index (χ1) is 8.78. The summed E-state index contributed by atoms with van der Waals surface area (Å²) in [5.41, 5.74) is 1.30. The summed E-state index contributed by atoms with van der Waals surface area (Å²) in [6.07, 6.45) is 4.76. The van der Waals surface area contributed by atoms with Gasteiger partial charge in [-0.25, -0.2) is 4.98 Å². The number of H-pyrrole nitrogens is 1. The van der Waals surface area contributed by atoms with Crippen LogP contribution in [0.1, 0.15) is 19.3 Å². The summed E-state index contributed by atoms with van der Waals surface area (Å²) >= 11 is 5.87. The highest BCUT2D eigenvalue weighted by atomic mass is 35.5. The van der Waals surface area contributed by atoms with Gasteiger partial charge in [0.1, 0.15) is 5.52 Å². The highest BCUT2D eigenvalue weighted by Gasteiger charge is 2.27. The Hall–Kier alpha value is -1.40. The van der Waals surface area contributed by atoms with Crippen LogP contribution in [0.25, 0.3) is 11.2 Å². The summed E-state index contributed by atoms with van der Waals surface area (Å²) in [4.78, 5) is 15.3. The van der Waals surface area contributed by atoms with E-state index in [9.17, 15) is 5.11 Å². The zero-order valence-electron chi connectivity index (χ0n) is 9.73. The first-order valence-corrected chi connectivity index (χ1v) is 6.39. The van der Waals surface area contributed by atoms with Crippen LogP contribution in [0.3, 0.4) is 0 Å². The van der Waals surface area contributed by atoms with E-state index in [1.165, 1.54) is 0 Å². The predicted molar refractivity (Wildman–Crippen MR) is 68.5 cm³/mol. The third kappa shape index (κ3) is 2.02. The summed E-state index contributed by atoms with van der Waals surface area (Å²) < 4.78 is 0. The molecule has 0 aromatic carbocycles. The third-order valence-electron chi connectivity index (χ3n) is 3.47. The first-order valence-electron chi connectivity index (χ1n) is 6.02. The van der Waals surface area contributed by atoms with E-state index >= 15 is 0 Å². The Balaban J connectivity index is 1.92. The van der Waals surface area contributed by atoms with Gasteiger partial charge in [0.25, 0.3) is 0 Å². The van der Waals surface area contributed by atoms with E-state index < -0.39 is 0 Å². The summed E-state index contributed by atoms with van der Waals surface area (Å²) in [5.74, 6) is 0.935. The van der Waals surface area contributed by atoms with Gasteiger partial charge in [0.05, 0.1) is 6.33 Å². The molecule has 18 heavy (non-hydrogen) atoms. The van der Waals surface area contributed by atoms with Crippen molar-refractivity contribution in [2.24, 2.45) is 5.92 Å². The van der Waals surface area contributed by atoms with Gasteiger partial charge in [-0.2, -0.15) is 9.97 Å². The molecule has 2 heterocycles. The fourth-order valence-electron chi connectivity index (χ4n) is 2.53. The van der Waals surface area contributed by atoms with Gasteiger partial charge in [0.2, 0.25) is 5.28 Å². The molecular formula is C11H14ClN5O. The van der Waals surface area contributed by atoms with Crippen LogP contribution in [0, 0.1) is 5.92 Å². The fraction of sp³-hybridized carbons (Fsp3) is 0.545. The summed E-state index contributed by atoms with van der Waals surface area (Å²) in [6.45, 7) is 0.197. The Kier molecular flexibility index (Phi) is 3.05. The normalized spacial score (nSPS) is 23.7. The molecule has 2 aromatic rings. The number of hydrogen-bond donors (Lipinski definition) is 3. The molecule has 1 fully saturated rings. The maximum Gasteiger partial charge on any atom is 0.226 e. The van der Waals surface area contributed by atoms with Crippen molar-refractivity contribution in [3.63, 3.8) is 0 Å². The van der Waals surface area contributed by atoms with Crippen LogP contribution in [0.2, 0.25) is 5.28 Å². The van der Waals surface area contributed by atoms with Crippen molar-refractivity contribution >= 4 is 28.6 Å². The maximum absolute atomic E-state index is 9.32. The number of aliphatic hydroxyl groups is 1. The topological polar surface area (TPSA) is 86.7 Å². The van der Waals surface area contributed by atoms with E-state index in [-0.39, 0.29) is 23.9 Å². The minimum atomic E-state index is 0.177. The Labute approximate surface area is 109 Å². The highest BCUT2D eigenvalue weighted by molar-refractivity contribution is 6.28. The average Bonchev–Trinajstić information content (AvgIpc) is 2.96. The van der Waals surface area contributed by atoms with Gasteiger partial charge in [-0.1, -0.05) is 6.42 Å². The van der Waals surface area contributed by atoms with Crippen LogP contribution in [0.15, 0.2) is 6.33 Å². The van der Waals surface area contributed by atoms with Crippen LogP contribution in [0.4, 0.5) is 5.82 Å². The number of fused-ring (bicyclic) bond motifs is 1. The summed E-state index contributed by atoms with van der Waals surface area (Å²) in [6, 6.07) is 0.229. The molecule has 0 bridgehead atoms. The van der Waals surface area contributed by atoms with Crippen LogP contribution in [-0.4, -0.2) is 37.7 Å². The van der Waals surface area contributed by atoms with E-state index in [1.54, 1.807) is 6.33 Å². The van der Waals surface area contributed by atoms with Gasteiger partial charge in [-0.15, -0.1) is 0 Å². The van der Waals surface area contributed by atoms with Gasteiger partial charge >= 0.3 is 0 Å². The maximum atomic E-state index is 9.32. The molecule has 1 aliphatic carbocycles. The third-order valence-corrected chi connectivity index (χ3v) is 3.64. The predicted octanol–water partition coefficient (Wildman–Crippen LogP) is 1.58. The number of nitrogens with zero attached hydrogens (tertiary/aromatic N) is 3. The Morgan fingerprint density at radius 1 is 1.44 bits per heavy atom. The Bertz CT molecular complexity index is 557. The molecule has 3 N–H and O–H groups in total. The molecule has 0 aliphatic heterocycles. The van der Waals surface area contributed by atoms with Crippen LogP contribution >= 0.6 is 11.6 Å². The fourth-order valence-corrected chi connectivity index (χ4v) is 2.70. The zero-order valence-corrected chi connectivity index (χ0v) is 10.5. The molecule has 7 heteroatoms. The molecule has 96 valence electrons. The van der Waals surface area contributed by atoms with Crippen molar-refractivity contribution < 1.29 is 5.11 Å². The Morgan fingerprint density at radius 3 is 3.17 bits per heavy atom. The largest absolute Gasteiger partial charge is 0.396 e. The van der Waals surface area contributed by atoms with Crippen LogP contribution in [-0.2, 0) is 0 Å². The average molecular weight is 268 g/mol. The number of aliphatic hydroxyl groups excluding tert-OH is 1. The van der Waals surface area contributed by atoms with E-state index in [1.807, 2.05) is 0 Å². The molecule has 0 amide bonds. The highest BCUT2D eigenvalue weighted by Crippen LogP contribution is 2.29. The van der Waals surface area contributed by atoms with Gasteiger partial charge in [0.15, 0.2) is 11.5 Å². The number of halogens is 1. The summed E-state index contributed by atoms with van der Waals surface area (Å²) in [5, 5.41) is 12.8. The minimum absolute atomic E-state index is 0.177. The second-order valence-electron chi connectivity index (χ2n) is 4.57. The molecule has 2 unspecified atom stereocenters. The van der Waals surface area contributed by atoms with E-state index in [0.717, 1.165) is 24.8 Å². The number of aromatic amines is 1. The molecular weight excluding hydrogens is 254 g/mol. The number of hydrogen-bond acceptors (Lipinski definition) is 5. The number of nitrogens with one attached hydrogen (secondary N) is 2. The minimum Gasteiger partial charge on any atom is -0.396 e. The molecule has 0 saturated heterocycles. The molecule has 1 aliphatic rings. The van der Waals surface area contributed by atoms with Gasteiger partial charge in [-0.05, 0) is 24.4 Å².